The van der Waals surface area contributed by atoms with E-state index in [2.05, 4.69) is 46.7 Å². The lowest BCUT2D eigenvalue weighted by molar-refractivity contribution is -0.142. The standard InChI is InChI=1S/C22H23N3O3S/c1-3-27-21(26)12-19-15-29-22(24-19)25-23-13-17-8-10-20(11-9-17)28-14-18-6-4-16(2)5-7-18/h4-11,13,15H,3,12,14H2,1-2H3,(H,24,25). The normalized spacial score (nSPS) is 10.8. The van der Waals surface area contributed by atoms with Gasteiger partial charge in [-0.2, -0.15) is 5.10 Å². The van der Waals surface area contributed by atoms with Gasteiger partial charge in [-0.25, -0.2) is 4.98 Å². The number of ether oxygens (including phenoxy) is 2. The van der Waals surface area contributed by atoms with Gasteiger partial charge < -0.3 is 9.47 Å². The minimum atomic E-state index is -0.280. The Hall–Kier alpha value is -3.19. The van der Waals surface area contributed by atoms with Crippen LogP contribution in [-0.4, -0.2) is 23.8 Å². The lowest BCUT2D eigenvalue weighted by atomic mass is 10.2. The molecule has 0 unspecified atom stereocenters. The Kier molecular flexibility index (Phi) is 7.35. The maximum Gasteiger partial charge on any atom is 0.311 e. The molecule has 3 aromatic rings. The van der Waals surface area contributed by atoms with Gasteiger partial charge in [-0.3, -0.25) is 10.2 Å². The van der Waals surface area contributed by atoms with E-state index in [9.17, 15) is 4.79 Å². The molecule has 0 saturated heterocycles. The molecule has 0 fully saturated rings. The number of esters is 1. The van der Waals surface area contributed by atoms with Gasteiger partial charge in [0.2, 0.25) is 5.13 Å². The molecule has 0 saturated carbocycles. The van der Waals surface area contributed by atoms with Crippen molar-refractivity contribution in [3.63, 3.8) is 0 Å². The molecule has 0 aliphatic heterocycles. The van der Waals surface area contributed by atoms with Gasteiger partial charge in [0.05, 0.1) is 24.9 Å². The number of rotatable bonds is 9. The van der Waals surface area contributed by atoms with Gasteiger partial charge in [0.25, 0.3) is 0 Å². The van der Waals surface area contributed by atoms with Crippen LogP contribution in [0.15, 0.2) is 59.0 Å². The minimum Gasteiger partial charge on any atom is -0.489 e. The predicted molar refractivity (Wildman–Crippen MR) is 116 cm³/mol. The number of thiazole rings is 1. The fraction of sp³-hybridized carbons (Fsp3) is 0.227. The van der Waals surface area contributed by atoms with Crippen LogP contribution in [-0.2, 0) is 22.6 Å². The summed E-state index contributed by atoms with van der Waals surface area (Å²) >= 11 is 1.39. The Balaban J connectivity index is 1.47. The van der Waals surface area contributed by atoms with E-state index >= 15 is 0 Å². The first kappa shape index (κ1) is 20.5. The molecule has 0 spiro atoms. The van der Waals surface area contributed by atoms with Crippen LogP contribution in [0, 0.1) is 6.92 Å². The summed E-state index contributed by atoms with van der Waals surface area (Å²) in [7, 11) is 0. The zero-order valence-electron chi connectivity index (χ0n) is 16.4. The zero-order valence-corrected chi connectivity index (χ0v) is 17.2. The van der Waals surface area contributed by atoms with Gasteiger partial charge >= 0.3 is 5.97 Å². The van der Waals surface area contributed by atoms with E-state index in [4.69, 9.17) is 9.47 Å². The Morgan fingerprint density at radius 1 is 1.17 bits per heavy atom. The molecule has 29 heavy (non-hydrogen) atoms. The molecule has 0 amide bonds. The Bertz CT molecular complexity index is 950. The maximum atomic E-state index is 11.5. The third kappa shape index (κ3) is 6.73. The van der Waals surface area contributed by atoms with E-state index in [0.29, 0.717) is 24.0 Å². The maximum absolute atomic E-state index is 11.5. The fourth-order valence-corrected chi connectivity index (χ4v) is 3.12. The van der Waals surface area contributed by atoms with E-state index in [1.54, 1.807) is 13.1 Å². The number of nitrogens with zero attached hydrogens (tertiary/aromatic N) is 2. The van der Waals surface area contributed by atoms with Crippen LogP contribution in [0.3, 0.4) is 0 Å². The van der Waals surface area contributed by atoms with Gasteiger partial charge in [0.15, 0.2) is 0 Å². The lowest BCUT2D eigenvalue weighted by Gasteiger charge is -2.06. The van der Waals surface area contributed by atoms with Gasteiger partial charge in [-0.05, 0) is 49.2 Å². The van der Waals surface area contributed by atoms with Gasteiger partial charge in [0, 0.05) is 5.38 Å². The Morgan fingerprint density at radius 2 is 1.93 bits per heavy atom. The molecule has 7 heteroatoms. The Labute approximate surface area is 174 Å². The summed E-state index contributed by atoms with van der Waals surface area (Å²) in [6.45, 7) is 4.75. The Morgan fingerprint density at radius 3 is 2.66 bits per heavy atom. The molecule has 0 aliphatic carbocycles. The molecule has 1 N–H and O–H groups in total. The topological polar surface area (TPSA) is 72.8 Å². The summed E-state index contributed by atoms with van der Waals surface area (Å²) in [6, 6.07) is 16.0. The van der Waals surface area contributed by atoms with Crippen molar-refractivity contribution in [2.75, 3.05) is 12.0 Å². The van der Waals surface area contributed by atoms with E-state index in [1.165, 1.54) is 16.9 Å². The summed E-state index contributed by atoms with van der Waals surface area (Å²) in [6.07, 6.45) is 1.87. The van der Waals surface area contributed by atoms with Crippen molar-refractivity contribution in [3.05, 3.63) is 76.3 Å². The molecular weight excluding hydrogens is 386 g/mol. The van der Waals surface area contributed by atoms with Crippen LogP contribution in [0.25, 0.3) is 0 Å². The van der Waals surface area contributed by atoms with Gasteiger partial charge in [-0.1, -0.05) is 29.8 Å². The molecule has 0 atom stereocenters. The van der Waals surface area contributed by atoms with Gasteiger partial charge in [0.1, 0.15) is 12.4 Å². The zero-order chi connectivity index (χ0) is 20.5. The van der Waals surface area contributed by atoms with Crippen LogP contribution in [0.5, 0.6) is 5.75 Å². The number of hydrazone groups is 1. The summed E-state index contributed by atoms with van der Waals surface area (Å²) in [5, 5.41) is 6.63. The first-order valence-electron chi connectivity index (χ1n) is 9.30. The van der Waals surface area contributed by atoms with E-state index in [-0.39, 0.29) is 12.4 Å². The number of hydrogen-bond acceptors (Lipinski definition) is 7. The van der Waals surface area contributed by atoms with Crippen LogP contribution >= 0.6 is 11.3 Å². The number of anilines is 1. The molecule has 0 radical (unpaired) electrons. The number of nitrogens with one attached hydrogen (secondary N) is 1. The van der Waals surface area contributed by atoms with E-state index in [0.717, 1.165) is 16.9 Å². The predicted octanol–water partition coefficient (Wildman–Crippen LogP) is 4.58. The highest BCUT2D eigenvalue weighted by molar-refractivity contribution is 7.13. The summed E-state index contributed by atoms with van der Waals surface area (Å²) < 4.78 is 10.7. The van der Waals surface area contributed by atoms with Crippen LogP contribution < -0.4 is 10.2 Å². The molecule has 6 nitrogen and oxygen atoms in total. The molecule has 1 heterocycles. The number of carbonyl (C=O) groups excluding carboxylic acids is 1. The van der Waals surface area contributed by atoms with E-state index < -0.39 is 0 Å². The molecule has 3 rings (SSSR count). The molecule has 0 bridgehead atoms. The minimum absolute atomic E-state index is 0.166. The highest BCUT2D eigenvalue weighted by Crippen LogP contribution is 2.17. The monoisotopic (exact) mass is 409 g/mol. The van der Waals surface area contributed by atoms with Crippen LogP contribution in [0.2, 0.25) is 0 Å². The summed E-state index contributed by atoms with van der Waals surface area (Å²) in [4.78, 5) is 15.8. The quantitative estimate of drug-likeness (QED) is 0.318. The molecular formula is C22H23N3O3S. The van der Waals surface area contributed by atoms with Crippen molar-refractivity contribution >= 4 is 28.7 Å². The molecule has 0 aliphatic rings. The first-order chi connectivity index (χ1) is 14.1. The number of aryl methyl sites for hydroxylation is 1. The largest absolute Gasteiger partial charge is 0.489 e. The number of hydrogen-bond donors (Lipinski definition) is 1. The van der Waals surface area contributed by atoms with Crippen molar-refractivity contribution in [1.29, 1.82) is 0 Å². The lowest BCUT2D eigenvalue weighted by Crippen LogP contribution is -2.07. The van der Waals surface area contributed by atoms with Crippen molar-refractivity contribution < 1.29 is 14.3 Å². The third-order valence-electron chi connectivity index (χ3n) is 3.96. The van der Waals surface area contributed by atoms with Crippen molar-refractivity contribution in [2.45, 2.75) is 26.9 Å². The average Bonchev–Trinajstić information content (AvgIpc) is 3.16. The summed E-state index contributed by atoms with van der Waals surface area (Å²) in [5.41, 5.74) is 6.85. The second-order valence-electron chi connectivity index (χ2n) is 6.34. The number of aromatic nitrogens is 1. The highest BCUT2D eigenvalue weighted by Gasteiger charge is 2.07. The second-order valence-corrected chi connectivity index (χ2v) is 7.20. The van der Waals surface area contributed by atoms with Gasteiger partial charge in [-0.15, -0.1) is 11.3 Å². The third-order valence-corrected chi connectivity index (χ3v) is 4.76. The van der Waals surface area contributed by atoms with Crippen molar-refractivity contribution in [1.82, 2.24) is 4.98 Å². The smallest absolute Gasteiger partial charge is 0.311 e. The SMILES string of the molecule is CCOC(=O)Cc1csc(NN=Cc2ccc(OCc3ccc(C)cc3)cc2)n1. The molecule has 1 aromatic heterocycles. The highest BCUT2D eigenvalue weighted by atomic mass is 32.1. The average molecular weight is 410 g/mol. The second kappa shape index (κ2) is 10.4. The first-order valence-corrected chi connectivity index (χ1v) is 10.2. The molecule has 150 valence electrons. The fourth-order valence-electron chi connectivity index (χ4n) is 2.46. The van der Waals surface area contributed by atoms with Crippen molar-refractivity contribution in [2.24, 2.45) is 5.10 Å². The van der Waals surface area contributed by atoms with Crippen molar-refractivity contribution in [3.8, 4) is 5.75 Å². The van der Waals surface area contributed by atoms with Crippen LogP contribution in [0.4, 0.5) is 5.13 Å². The molecule has 2 aromatic carbocycles. The number of benzene rings is 2. The number of carbonyl (C=O) groups is 1. The van der Waals surface area contributed by atoms with E-state index in [1.807, 2.05) is 29.6 Å². The summed E-state index contributed by atoms with van der Waals surface area (Å²) in [5.74, 6) is 0.525. The van der Waals surface area contributed by atoms with Crippen LogP contribution in [0.1, 0.15) is 29.3 Å².